The Morgan fingerprint density at radius 3 is 2.62 bits per heavy atom. The van der Waals surface area contributed by atoms with Crippen molar-refractivity contribution in [1.82, 2.24) is 29.8 Å². The van der Waals surface area contributed by atoms with E-state index in [0.717, 1.165) is 19.4 Å². The van der Waals surface area contributed by atoms with Crippen molar-refractivity contribution in [3.05, 3.63) is 46.9 Å². The fourth-order valence-corrected chi connectivity index (χ4v) is 7.25. The van der Waals surface area contributed by atoms with Crippen molar-refractivity contribution < 1.29 is 35.8 Å². The number of fused-ring (bicyclic) bond motifs is 1. The van der Waals surface area contributed by atoms with Gasteiger partial charge in [0.15, 0.2) is 11.6 Å². The van der Waals surface area contributed by atoms with E-state index in [9.17, 15) is 17.6 Å². The maximum atomic E-state index is 16.8. The molecule has 0 amide bonds. The largest absolute Gasteiger partial charge is 0.475 e. The van der Waals surface area contributed by atoms with Crippen LogP contribution in [0.3, 0.4) is 0 Å². The van der Waals surface area contributed by atoms with Gasteiger partial charge in [-0.3, -0.25) is 9.88 Å². The Kier molecular flexibility index (Phi) is 7.64. The number of anilines is 3. The van der Waals surface area contributed by atoms with Crippen LogP contribution in [0.1, 0.15) is 49.0 Å². The van der Waals surface area contributed by atoms with Crippen LogP contribution in [0.5, 0.6) is 11.9 Å². The predicted molar refractivity (Wildman–Crippen MR) is 163 cm³/mol. The topological polar surface area (TPSA) is 141 Å². The molecule has 4 N–H and O–H groups in total. The van der Waals surface area contributed by atoms with Gasteiger partial charge >= 0.3 is 12.2 Å². The third-order valence-corrected chi connectivity index (χ3v) is 9.42. The zero-order valence-electron chi connectivity index (χ0n) is 25.9. The fourth-order valence-electron chi connectivity index (χ4n) is 7.25. The minimum atomic E-state index is -5.10. The van der Waals surface area contributed by atoms with Crippen molar-refractivity contribution in [2.24, 2.45) is 0 Å². The smallest absolute Gasteiger partial charge is 0.417 e. The van der Waals surface area contributed by atoms with Gasteiger partial charge in [0.25, 0.3) is 0 Å². The maximum Gasteiger partial charge on any atom is 0.417 e. The van der Waals surface area contributed by atoms with Gasteiger partial charge in [-0.2, -0.15) is 23.1 Å². The highest BCUT2D eigenvalue weighted by atomic mass is 19.4. The molecule has 48 heavy (non-hydrogen) atoms. The molecule has 3 atom stereocenters. The van der Waals surface area contributed by atoms with Crippen LogP contribution in [0, 0.1) is 18.6 Å². The second kappa shape index (κ2) is 11.5. The number of aryl methyl sites for hydroxylation is 1. The van der Waals surface area contributed by atoms with Crippen LogP contribution in [-0.2, 0) is 6.18 Å². The maximum absolute atomic E-state index is 16.8. The van der Waals surface area contributed by atoms with E-state index in [1.165, 1.54) is 12.4 Å². The summed E-state index contributed by atoms with van der Waals surface area (Å²) in [5.74, 6) is -3.01. The number of hydrogen-bond donors (Lipinski definition) is 2. The van der Waals surface area contributed by atoms with E-state index in [2.05, 4.69) is 24.9 Å². The minimum Gasteiger partial charge on any atom is -0.475 e. The van der Waals surface area contributed by atoms with E-state index in [4.69, 9.17) is 20.9 Å². The van der Waals surface area contributed by atoms with Crippen LogP contribution in [0.15, 0.2) is 18.5 Å². The van der Waals surface area contributed by atoms with Crippen molar-refractivity contribution >= 4 is 28.2 Å². The quantitative estimate of drug-likeness (QED) is 0.207. The van der Waals surface area contributed by atoms with Crippen LogP contribution < -0.4 is 25.8 Å². The van der Waals surface area contributed by atoms with E-state index < -0.39 is 69.2 Å². The Hall–Kier alpha value is -4.67. The zero-order valence-corrected chi connectivity index (χ0v) is 25.9. The van der Waals surface area contributed by atoms with Gasteiger partial charge in [0.1, 0.15) is 53.3 Å². The molecular weight excluding hydrogens is 644 g/mol. The van der Waals surface area contributed by atoms with Crippen LogP contribution in [0.25, 0.3) is 22.2 Å². The van der Waals surface area contributed by atoms with Gasteiger partial charge in [0.05, 0.1) is 34.9 Å². The summed E-state index contributed by atoms with van der Waals surface area (Å²) in [6.45, 7) is 3.79. The first kappa shape index (κ1) is 31.9. The van der Waals surface area contributed by atoms with Crippen molar-refractivity contribution in [3.8, 4) is 23.1 Å². The fraction of sp³-hybridized carbons (Fsp3) is 0.452. The molecule has 0 spiro atoms. The second-order valence-electron chi connectivity index (χ2n) is 12.4. The number of nitrogen functional groups attached to an aromatic ring is 2. The summed E-state index contributed by atoms with van der Waals surface area (Å²) in [6, 6.07) is -0.125. The van der Waals surface area contributed by atoms with E-state index in [1.807, 2.05) is 4.90 Å². The number of rotatable bonds is 6. The number of benzene rings is 1. The molecule has 254 valence electrons. The van der Waals surface area contributed by atoms with Crippen molar-refractivity contribution in [1.29, 1.82) is 0 Å². The molecule has 3 aliphatic heterocycles. The highest BCUT2D eigenvalue weighted by Gasteiger charge is 2.49. The number of nitrogens with zero attached hydrogens (tertiary/aromatic N) is 7. The number of hydrogen-bond acceptors (Lipinski definition) is 11. The van der Waals surface area contributed by atoms with E-state index >= 15 is 8.78 Å². The number of nitrogens with two attached hydrogens (primary N) is 2. The SMILES string of the molecule is Cc1cc(N)c(F)c(-c2nc3c4c(nc(OC[C@@]56CCCN5C[C@H](F)C6)nc4c2F)N([C@H](C)c2nccnc2N)CCO3)c1C(F)(F)F. The zero-order chi connectivity index (χ0) is 34.1. The average molecular weight is 676 g/mol. The summed E-state index contributed by atoms with van der Waals surface area (Å²) in [5, 5.41) is -0.0876. The Labute approximate surface area is 270 Å². The van der Waals surface area contributed by atoms with Gasteiger partial charge in [0, 0.05) is 25.4 Å². The van der Waals surface area contributed by atoms with Gasteiger partial charge in [-0.15, -0.1) is 0 Å². The number of aromatic nitrogens is 5. The lowest BCUT2D eigenvalue weighted by molar-refractivity contribution is -0.137. The first-order valence-electron chi connectivity index (χ1n) is 15.3. The summed E-state index contributed by atoms with van der Waals surface area (Å²) in [4.78, 5) is 25.2. The van der Waals surface area contributed by atoms with Crippen LogP contribution in [0.2, 0.25) is 0 Å². The van der Waals surface area contributed by atoms with E-state index in [-0.39, 0.29) is 61.6 Å². The van der Waals surface area contributed by atoms with Crippen LogP contribution in [-0.4, -0.2) is 74.4 Å². The summed E-state index contributed by atoms with van der Waals surface area (Å²) in [7, 11) is 0. The number of alkyl halides is 4. The molecule has 4 aromatic rings. The third kappa shape index (κ3) is 5.14. The van der Waals surface area contributed by atoms with E-state index in [1.54, 1.807) is 11.8 Å². The van der Waals surface area contributed by atoms with Crippen LogP contribution >= 0.6 is 0 Å². The molecule has 17 heteroatoms. The van der Waals surface area contributed by atoms with Gasteiger partial charge in [0.2, 0.25) is 5.88 Å². The highest BCUT2D eigenvalue weighted by Crippen LogP contribution is 2.47. The summed E-state index contributed by atoms with van der Waals surface area (Å²) >= 11 is 0. The van der Waals surface area contributed by atoms with Gasteiger partial charge in [-0.05, 0) is 44.9 Å². The lowest BCUT2D eigenvalue weighted by Crippen LogP contribution is -2.43. The minimum absolute atomic E-state index is 0.0186. The standard InChI is InChI=1S/C31H31F6N9O2/c1-14-10-17(38)21(33)18(20(14)31(35,36)37)24-22(34)25-19-27(44-29(43-25)48-13-30-4-3-7-45(30)12-16(32)11-30)46(8-9-47-28(19)42-24)15(2)23-26(39)41-6-5-40-23/h5-6,10,15-16H,3-4,7-9,11-13,38H2,1-2H3,(H2,39,41)/t15-,16-,30+/m1/s1. The summed E-state index contributed by atoms with van der Waals surface area (Å²) in [5.41, 5.74) is 6.42. The molecule has 6 heterocycles. The third-order valence-electron chi connectivity index (χ3n) is 9.42. The molecule has 0 bridgehead atoms. The molecule has 0 aliphatic carbocycles. The molecule has 0 unspecified atom stereocenters. The second-order valence-corrected chi connectivity index (χ2v) is 12.4. The van der Waals surface area contributed by atoms with Crippen LogP contribution in [0.4, 0.5) is 43.7 Å². The molecular formula is C31H31F6N9O2. The Balaban J connectivity index is 1.45. The predicted octanol–water partition coefficient (Wildman–Crippen LogP) is 5.17. The Morgan fingerprint density at radius 1 is 1.10 bits per heavy atom. The molecule has 7 rings (SSSR count). The van der Waals surface area contributed by atoms with Crippen molar-refractivity contribution in [3.63, 3.8) is 0 Å². The monoisotopic (exact) mass is 675 g/mol. The Bertz CT molecular complexity index is 1930. The number of ether oxygens (including phenoxy) is 2. The normalized spacial score (nSPS) is 21.7. The molecule has 2 saturated heterocycles. The lowest BCUT2D eigenvalue weighted by atomic mass is 9.95. The summed E-state index contributed by atoms with van der Waals surface area (Å²) < 4.78 is 102. The molecule has 1 aromatic carbocycles. The molecule has 2 fully saturated rings. The first-order chi connectivity index (χ1) is 22.8. The first-order valence-corrected chi connectivity index (χ1v) is 15.3. The van der Waals surface area contributed by atoms with Gasteiger partial charge in [-0.25, -0.2) is 23.1 Å². The van der Waals surface area contributed by atoms with Crippen molar-refractivity contribution in [2.75, 3.05) is 49.2 Å². The molecule has 3 aromatic heterocycles. The van der Waals surface area contributed by atoms with Crippen molar-refractivity contribution in [2.45, 2.75) is 57.0 Å². The lowest BCUT2D eigenvalue weighted by Gasteiger charge is -2.31. The molecule has 0 radical (unpaired) electrons. The average Bonchev–Trinajstić information content (AvgIpc) is 3.48. The van der Waals surface area contributed by atoms with E-state index in [0.29, 0.717) is 18.7 Å². The van der Waals surface area contributed by atoms with Gasteiger partial charge < -0.3 is 25.8 Å². The molecule has 3 aliphatic rings. The Morgan fingerprint density at radius 2 is 1.88 bits per heavy atom. The summed E-state index contributed by atoms with van der Waals surface area (Å²) in [6.07, 6.45) is -1.53. The number of halogens is 6. The van der Waals surface area contributed by atoms with Gasteiger partial charge in [-0.1, -0.05) is 0 Å². The number of pyridine rings is 1. The highest BCUT2D eigenvalue weighted by molar-refractivity contribution is 5.97. The molecule has 11 nitrogen and oxygen atoms in total. The molecule has 0 saturated carbocycles.